The number of nitrogens with one attached hydrogen (secondary N) is 1. The zero-order chi connectivity index (χ0) is 30.2. The van der Waals surface area contributed by atoms with E-state index in [0.717, 1.165) is 11.1 Å². The average molecular weight is 596 g/mol. The van der Waals surface area contributed by atoms with Crippen molar-refractivity contribution < 1.29 is 19.2 Å². The number of rotatable bonds is 12. The molecule has 0 aliphatic rings. The van der Waals surface area contributed by atoms with Gasteiger partial charge >= 0.3 is 0 Å². The summed E-state index contributed by atoms with van der Waals surface area (Å²) in [4.78, 5) is 24.8. The van der Waals surface area contributed by atoms with E-state index in [1.807, 2.05) is 65.2 Å². The van der Waals surface area contributed by atoms with E-state index in [9.17, 15) is 14.9 Å². The molecule has 218 valence electrons. The Kier molecular flexibility index (Phi) is 9.33. The van der Waals surface area contributed by atoms with Gasteiger partial charge in [-0.15, -0.1) is 10.2 Å². The molecule has 1 N–H and O–H groups in total. The molecule has 43 heavy (non-hydrogen) atoms. The van der Waals surface area contributed by atoms with Crippen LogP contribution in [0.1, 0.15) is 33.4 Å². The van der Waals surface area contributed by atoms with E-state index in [0.29, 0.717) is 40.3 Å². The van der Waals surface area contributed by atoms with Crippen LogP contribution in [-0.2, 0) is 12.2 Å². The molecule has 0 aliphatic heterocycles. The molecular formula is C32H29N5O5S. The van der Waals surface area contributed by atoms with Crippen molar-refractivity contribution in [2.45, 2.75) is 23.4 Å². The standard InChI is InChI=1S/C32H29N5O5S/c1-41-27-14-9-15-28(42-2)29(27)31(38)33-26(20-22-10-5-3-6-11-22)30-34-35-32(43-21-23-12-7-4-8-13-23)36(30)24-16-18-25(19-17-24)37(39)40/h3-19,26H,20-21H2,1-2H3,(H,33,38). The van der Waals surface area contributed by atoms with Crippen LogP contribution in [0.15, 0.2) is 108 Å². The summed E-state index contributed by atoms with van der Waals surface area (Å²) in [5, 5.41) is 24.2. The lowest BCUT2D eigenvalue weighted by atomic mass is 10.0. The van der Waals surface area contributed by atoms with Gasteiger partial charge in [-0.2, -0.15) is 0 Å². The quantitative estimate of drug-likeness (QED) is 0.103. The highest BCUT2D eigenvalue weighted by molar-refractivity contribution is 7.98. The van der Waals surface area contributed by atoms with E-state index < -0.39 is 16.9 Å². The molecule has 5 rings (SSSR count). The molecule has 1 aromatic heterocycles. The Hall–Kier alpha value is -5.16. The smallest absolute Gasteiger partial charge is 0.269 e. The first kappa shape index (κ1) is 29.3. The lowest BCUT2D eigenvalue weighted by Gasteiger charge is -2.21. The number of non-ortho nitro benzene ring substituents is 1. The minimum absolute atomic E-state index is 0.0331. The van der Waals surface area contributed by atoms with Crippen molar-refractivity contribution in [3.8, 4) is 17.2 Å². The van der Waals surface area contributed by atoms with Crippen LogP contribution in [0.5, 0.6) is 11.5 Å². The van der Waals surface area contributed by atoms with Crippen molar-refractivity contribution in [3.05, 3.63) is 136 Å². The number of hydrogen-bond donors (Lipinski definition) is 1. The van der Waals surface area contributed by atoms with E-state index in [1.54, 1.807) is 30.3 Å². The van der Waals surface area contributed by atoms with Gasteiger partial charge in [0.05, 0.1) is 25.2 Å². The highest BCUT2D eigenvalue weighted by Gasteiger charge is 2.28. The van der Waals surface area contributed by atoms with Gasteiger partial charge in [0.1, 0.15) is 17.1 Å². The third-order valence-corrected chi connectivity index (χ3v) is 7.74. The highest BCUT2D eigenvalue weighted by atomic mass is 32.2. The fourth-order valence-corrected chi connectivity index (χ4v) is 5.57. The molecule has 1 amide bonds. The predicted octanol–water partition coefficient (Wildman–Crippen LogP) is 6.20. The van der Waals surface area contributed by atoms with Crippen LogP contribution < -0.4 is 14.8 Å². The zero-order valence-electron chi connectivity index (χ0n) is 23.5. The van der Waals surface area contributed by atoms with Gasteiger partial charge in [0.25, 0.3) is 11.6 Å². The van der Waals surface area contributed by atoms with Crippen LogP contribution in [0, 0.1) is 10.1 Å². The third kappa shape index (κ3) is 6.84. The molecule has 0 saturated carbocycles. The minimum Gasteiger partial charge on any atom is -0.496 e. The number of carbonyl (C=O) groups is 1. The molecule has 5 aromatic rings. The molecular weight excluding hydrogens is 566 g/mol. The number of benzene rings is 4. The summed E-state index contributed by atoms with van der Waals surface area (Å²) in [5.74, 6) is 1.42. The first-order valence-electron chi connectivity index (χ1n) is 13.4. The topological polar surface area (TPSA) is 121 Å². The molecule has 1 atom stereocenters. The number of nitrogens with zero attached hydrogens (tertiary/aromatic N) is 4. The lowest BCUT2D eigenvalue weighted by molar-refractivity contribution is -0.384. The van der Waals surface area contributed by atoms with Crippen molar-refractivity contribution in [1.82, 2.24) is 20.1 Å². The van der Waals surface area contributed by atoms with Crippen LogP contribution in [0.2, 0.25) is 0 Å². The first-order chi connectivity index (χ1) is 21.0. The predicted molar refractivity (Wildman–Crippen MR) is 164 cm³/mol. The Bertz CT molecular complexity index is 1670. The first-order valence-corrected chi connectivity index (χ1v) is 14.4. The molecule has 0 fully saturated rings. The van der Waals surface area contributed by atoms with Crippen LogP contribution in [0.4, 0.5) is 5.69 Å². The number of amides is 1. The highest BCUT2D eigenvalue weighted by Crippen LogP contribution is 2.32. The molecule has 0 saturated heterocycles. The number of nitro groups is 1. The Morgan fingerprint density at radius 2 is 1.47 bits per heavy atom. The van der Waals surface area contributed by atoms with E-state index >= 15 is 0 Å². The van der Waals surface area contributed by atoms with Gasteiger partial charge in [0.2, 0.25) is 0 Å². The van der Waals surface area contributed by atoms with Gasteiger partial charge in [-0.05, 0) is 41.8 Å². The van der Waals surface area contributed by atoms with E-state index in [1.165, 1.54) is 38.1 Å². The largest absolute Gasteiger partial charge is 0.496 e. The van der Waals surface area contributed by atoms with Crippen LogP contribution in [0.25, 0.3) is 5.69 Å². The van der Waals surface area contributed by atoms with Gasteiger partial charge in [-0.1, -0.05) is 78.5 Å². The Morgan fingerprint density at radius 3 is 2.05 bits per heavy atom. The molecule has 0 spiro atoms. The van der Waals surface area contributed by atoms with E-state index in [-0.39, 0.29) is 11.3 Å². The van der Waals surface area contributed by atoms with E-state index in [2.05, 4.69) is 15.5 Å². The number of nitro benzene ring substituents is 1. The molecule has 1 heterocycles. The summed E-state index contributed by atoms with van der Waals surface area (Å²) >= 11 is 1.48. The number of carbonyl (C=O) groups excluding carboxylic acids is 1. The monoisotopic (exact) mass is 595 g/mol. The van der Waals surface area contributed by atoms with Crippen LogP contribution >= 0.6 is 11.8 Å². The average Bonchev–Trinajstić information content (AvgIpc) is 3.48. The zero-order valence-corrected chi connectivity index (χ0v) is 24.4. The Labute approximate surface area is 252 Å². The molecule has 10 nitrogen and oxygen atoms in total. The van der Waals surface area contributed by atoms with E-state index in [4.69, 9.17) is 9.47 Å². The van der Waals surface area contributed by atoms with Gasteiger partial charge in [0, 0.05) is 23.6 Å². The minimum atomic E-state index is -0.640. The summed E-state index contributed by atoms with van der Waals surface area (Å²) in [5.41, 5.74) is 2.92. The Morgan fingerprint density at radius 1 is 0.860 bits per heavy atom. The normalized spacial score (nSPS) is 11.5. The Balaban J connectivity index is 1.59. The lowest BCUT2D eigenvalue weighted by Crippen LogP contribution is -2.32. The fourth-order valence-electron chi connectivity index (χ4n) is 4.65. The summed E-state index contributed by atoms with van der Waals surface area (Å²) in [6.45, 7) is 0. The van der Waals surface area contributed by atoms with Gasteiger partial charge in [-0.25, -0.2) is 0 Å². The van der Waals surface area contributed by atoms with Crippen molar-refractivity contribution in [1.29, 1.82) is 0 Å². The summed E-state index contributed by atoms with van der Waals surface area (Å²) in [6.07, 6.45) is 0.401. The van der Waals surface area contributed by atoms with Gasteiger partial charge in [-0.3, -0.25) is 19.5 Å². The van der Waals surface area contributed by atoms with Crippen LogP contribution in [0.3, 0.4) is 0 Å². The second-order valence-electron chi connectivity index (χ2n) is 9.48. The molecule has 0 bridgehead atoms. The summed E-state index contributed by atoms with van der Waals surface area (Å²) < 4.78 is 12.8. The number of ether oxygens (including phenoxy) is 2. The second kappa shape index (κ2) is 13.7. The SMILES string of the molecule is COc1cccc(OC)c1C(=O)NC(Cc1ccccc1)c1nnc(SCc2ccccc2)n1-c1ccc([N+](=O)[O-])cc1. The molecule has 11 heteroatoms. The second-order valence-corrected chi connectivity index (χ2v) is 10.4. The number of aromatic nitrogens is 3. The number of methoxy groups -OCH3 is 2. The van der Waals surface area contributed by atoms with Crippen molar-refractivity contribution in [2.75, 3.05) is 14.2 Å². The summed E-state index contributed by atoms with van der Waals surface area (Å²) in [6, 6.07) is 30.4. The van der Waals surface area contributed by atoms with Gasteiger partial charge < -0.3 is 14.8 Å². The maximum Gasteiger partial charge on any atom is 0.269 e. The molecule has 0 aliphatic carbocycles. The molecule has 0 radical (unpaired) electrons. The molecule has 4 aromatic carbocycles. The van der Waals surface area contributed by atoms with Gasteiger partial charge in [0.15, 0.2) is 11.0 Å². The maximum absolute atomic E-state index is 13.9. The van der Waals surface area contributed by atoms with Crippen LogP contribution in [-0.4, -0.2) is 39.8 Å². The van der Waals surface area contributed by atoms with Crippen molar-refractivity contribution >= 4 is 23.4 Å². The third-order valence-electron chi connectivity index (χ3n) is 6.74. The fraction of sp³-hybridized carbons (Fsp3) is 0.156. The number of hydrogen-bond acceptors (Lipinski definition) is 8. The maximum atomic E-state index is 13.9. The number of thioether (sulfide) groups is 1. The van der Waals surface area contributed by atoms with Crippen molar-refractivity contribution in [2.24, 2.45) is 0 Å². The molecule has 1 unspecified atom stereocenters. The summed E-state index contributed by atoms with van der Waals surface area (Å²) in [7, 11) is 2.99. The van der Waals surface area contributed by atoms with Crippen molar-refractivity contribution in [3.63, 3.8) is 0 Å².